The highest BCUT2D eigenvalue weighted by Crippen LogP contribution is 2.30. The van der Waals surface area contributed by atoms with Crippen LogP contribution in [0, 0.1) is 17.8 Å². The van der Waals surface area contributed by atoms with E-state index >= 15 is 0 Å². The number of carbonyl (C=O) groups excluding carboxylic acids is 8. The lowest BCUT2D eigenvalue weighted by Gasteiger charge is -2.24. The molecule has 25 nitrogen and oxygen atoms in total. The van der Waals surface area contributed by atoms with E-state index in [0.29, 0.717) is 88.8 Å². The zero-order valence-corrected chi connectivity index (χ0v) is 52.7. The van der Waals surface area contributed by atoms with Crippen LogP contribution in [0.4, 0.5) is 0 Å². The average Bonchev–Trinajstić information content (AvgIpc) is 1.12. The van der Waals surface area contributed by atoms with Crippen molar-refractivity contribution in [1.82, 2.24) is 16.0 Å². The second kappa shape index (κ2) is 48.9. The van der Waals surface area contributed by atoms with Crippen LogP contribution >= 0.6 is 0 Å². The first-order chi connectivity index (χ1) is 43.8. The van der Waals surface area contributed by atoms with Crippen LogP contribution in [0.5, 0.6) is 11.5 Å². The fourth-order valence-corrected chi connectivity index (χ4v) is 9.11. The number of azide groups is 2. The highest BCUT2D eigenvalue weighted by atomic mass is 16.5. The molecule has 0 fully saturated rings. The van der Waals surface area contributed by atoms with Crippen LogP contribution in [-0.4, -0.2) is 113 Å². The molecule has 0 radical (unpaired) electrons. The van der Waals surface area contributed by atoms with Gasteiger partial charge in [0.1, 0.15) is 23.8 Å². The van der Waals surface area contributed by atoms with Crippen molar-refractivity contribution in [3.05, 3.63) is 142 Å². The number of rotatable bonds is 43. The summed E-state index contributed by atoms with van der Waals surface area (Å²) in [6.07, 6.45) is 14.3. The quantitative estimate of drug-likeness (QED) is 0.00655. The molecule has 91 heavy (non-hydrogen) atoms. The van der Waals surface area contributed by atoms with Gasteiger partial charge in [0, 0.05) is 84.2 Å². The minimum absolute atomic E-state index is 0.00848. The largest absolute Gasteiger partial charge is 0.508 e. The molecule has 0 aliphatic carbocycles. The summed E-state index contributed by atoms with van der Waals surface area (Å²) in [5, 5.41) is 57.1. The molecule has 3 atom stereocenters. The van der Waals surface area contributed by atoms with Gasteiger partial charge in [-0.3, -0.25) is 38.4 Å². The number of hydrogen-bond donors (Lipinski definition) is 9. The predicted molar refractivity (Wildman–Crippen MR) is 349 cm³/mol. The number of benzene rings is 4. The summed E-state index contributed by atoms with van der Waals surface area (Å²) < 4.78 is 11.4. The van der Waals surface area contributed by atoms with E-state index in [1.54, 1.807) is 24.3 Å². The molecule has 4 aromatic carbocycles. The number of carbonyl (C=O) groups is 8. The molecule has 496 valence electrons. The van der Waals surface area contributed by atoms with Crippen LogP contribution < -0.4 is 27.4 Å². The van der Waals surface area contributed by atoms with Crippen LogP contribution in [0.25, 0.3) is 42.4 Å². The van der Waals surface area contributed by atoms with Gasteiger partial charge < -0.3 is 57.3 Å². The maximum Gasteiger partial charge on any atom is 0.240 e. The lowest BCUT2D eigenvalue weighted by Crippen LogP contribution is -2.39. The van der Waals surface area contributed by atoms with Gasteiger partial charge in [-0.2, -0.15) is 0 Å². The molecule has 0 heterocycles. The number of nitrogens with zero attached hydrogens (tertiary/aromatic N) is 6. The van der Waals surface area contributed by atoms with Gasteiger partial charge in [0.05, 0.1) is 39.6 Å². The monoisotopic (exact) mass is 1260 g/mol. The van der Waals surface area contributed by atoms with E-state index in [2.05, 4.69) is 61.5 Å². The van der Waals surface area contributed by atoms with E-state index in [0.717, 1.165) is 77.3 Å². The zero-order chi connectivity index (χ0) is 67.8. The Morgan fingerprint density at radius 3 is 1.51 bits per heavy atom. The minimum atomic E-state index is -0.598. The van der Waals surface area contributed by atoms with Gasteiger partial charge in [-0.05, 0) is 150 Å². The van der Waals surface area contributed by atoms with Crippen LogP contribution in [0.1, 0.15) is 139 Å². The predicted octanol–water partition coefficient (Wildman–Crippen LogP) is 9.42. The molecule has 5 amide bonds. The molecule has 0 aliphatic heterocycles. The molecule has 0 aliphatic rings. The molecule has 4 aromatic rings. The van der Waals surface area contributed by atoms with E-state index in [9.17, 15) is 58.8 Å². The number of amides is 5. The van der Waals surface area contributed by atoms with E-state index in [-0.39, 0.29) is 105 Å². The summed E-state index contributed by atoms with van der Waals surface area (Å²) in [6, 6.07) is 18.2. The van der Waals surface area contributed by atoms with Gasteiger partial charge in [0.2, 0.25) is 29.5 Å². The Balaban J connectivity index is 0.000000768. The number of primary amides is 2. The standard InChI is InChI=1S/C33H49N7O7.C18H20O4.C12H19N3O2.C3H5NO/c1-3-22(31(34)44)15-26(16-23(4-2)32(45)37-12-7-5-6-11-36-30(43)19-39-40-35)33(46)38-13-14-47-21-25-10-8-9-24-17-27(20-41)29(42)18-28(24)25;1-2-16(20)7-4-8-22-12-14-6-3-5-13-9-15(11-19)18(21)10-17(13)14;1-2-11(16)8-6-4-3-5-7-9-12(17)10-14-15-13;1-2-3(4)5/h8-10,17-18,22-23,26,41-42H,3-7,11-16,19-21H2,1-2H3,(H2,34,44)(H,36,43)(H,37,45)(H,38,46);2-3,5-6,9-10,19,21H,1,4,7-8,11-12H2;2H,1,3-10H2;2H,1H2,(H2,4,5). The lowest BCUT2D eigenvalue weighted by molar-refractivity contribution is -0.130. The van der Waals surface area contributed by atoms with Crippen LogP contribution in [0.3, 0.4) is 0 Å². The van der Waals surface area contributed by atoms with Crippen LogP contribution in [0.2, 0.25) is 0 Å². The summed E-state index contributed by atoms with van der Waals surface area (Å²) in [5.74, 6) is -3.05. The van der Waals surface area contributed by atoms with Crippen molar-refractivity contribution in [3.8, 4) is 11.5 Å². The molecule has 0 saturated carbocycles. The van der Waals surface area contributed by atoms with E-state index in [4.69, 9.17) is 26.3 Å². The van der Waals surface area contributed by atoms with Crippen molar-refractivity contribution in [1.29, 1.82) is 0 Å². The molecule has 25 heteroatoms. The number of nitrogens with two attached hydrogens (primary N) is 2. The molecule has 0 spiro atoms. The normalized spacial score (nSPS) is 11.3. The Morgan fingerprint density at radius 1 is 0.560 bits per heavy atom. The van der Waals surface area contributed by atoms with E-state index < -0.39 is 29.6 Å². The van der Waals surface area contributed by atoms with Crippen molar-refractivity contribution >= 4 is 68.4 Å². The number of unbranched alkanes of at least 4 members (excludes halogenated alkanes) is 6. The molecule has 0 bridgehead atoms. The Morgan fingerprint density at radius 2 is 1.01 bits per heavy atom. The second-order valence-corrected chi connectivity index (χ2v) is 21.1. The van der Waals surface area contributed by atoms with Gasteiger partial charge in [0.25, 0.3) is 0 Å². The smallest absolute Gasteiger partial charge is 0.240 e. The van der Waals surface area contributed by atoms with Gasteiger partial charge in [0.15, 0.2) is 11.6 Å². The van der Waals surface area contributed by atoms with Crippen molar-refractivity contribution in [2.45, 2.75) is 143 Å². The number of phenols is 2. The molecule has 4 rings (SSSR count). The first-order valence-corrected chi connectivity index (χ1v) is 30.5. The number of aliphatic hydroxyl groups excluding tert-OH is 2. The second-order valence-electron chi connectivity index (χ2n) is 21.1. The number of Topliss-reactive ketones (excluding diaryl/α,β-unsaturated/α-hetero) is 1. The molecule has 0 aromatic heterocycles. The third-order valence-corrected chi connectivity index (χ3v) is 14.3. The summed E-state index contributed by atoms with van der Waals surface area (Å²) >= 11 is 0. The van der Waals surface area contributed by atoms with Gasteiger partial charge in [-0.15, -0.1) is 0 Å². The number of nitrogens with one attached hydrogen (secondary N) is 3. The Labute approximate surface area is 532 Å². The number of aromatic hydroxyl groups is 2. The van der Waals surface area contributed by atoms with E-state index in [1.807, 2.05) is 50.2 Å². The highest BCUT2D eigenvalue weighted by Gasteiger charge is 2.30. The number of allylic oxidation sites excluding steroid dienone is 2. The van der Waals surface area contributed by atoms with Crippen molar-refractivity contribution < 1.29 is 68.3 Å². The number of hydrogen-bond acceptors (Lipinski definition) is 16. The number of fused-ring (bicyclic) bond motifs is 2. The van der Waals surface area contributed by atoms with Crippen molar-refractivity contribution in [2.24, 2.45) is 39.4 Å². The van der Waals surface area contributed by atoms with Gasteiger partial charge in [-0.25, -0.2) is 0 Å². The Kier molecular flexibility index (Phi) is 43.0. The zero-order valence-electron chi connectivity index (χ0n) is 52.7. The fourth-order valence-electron chi connectivity index (χ4n) is 9.11. The molecule has 11 N–H and O–H groups in total. The van der Waals surface area contributed by atoms with Crippen molar-refractivity contribution in [3.63, 3.8) is 0 Å². The fraction of sp³-hybridized carbons (Fsp3) is 0.485. The molecule has 3 unspecified atom stereocenters. The first kappa shape index (κ1) is 80.1. The van der Waals surface area contributed by atoms with Gasteiger partial charge in [-0.1, -0.05) is 99.5 Å². The molecular weight excluding hydrogens is 1170 g/mol. The van der Waals surface area contributed by atoms with Gasteiger partial charge >= 0.3 is 0 Å². The maximum atomic E-state index is 13.3. The summed E-state index contributed by atoms with van der Waals surface area (Å²) in [4.78, 5) is 97.4. The minimum Gasteiger partial charge on any atom is -0.508 e. The van der Waals surface area contributed by atoms with E-state index in [1.165, 1.54) is 12.2 Å². The van der Waals surface area contributed by atoms with Crippen molar-refractivity contribution in [2.75, 3.05) is 45.9 Å². The Hall–Kier alpha value is -8.96. The van der Waals surface area contributed by atoms with Crippen LogP contribution in [0.15, 0.2) is 109 Å². The highest BCUT2D eigenvalue weighted by molar-refractivity contribution is 5.90. The molecular formula is C66H93N11O14. The number of ether oxygens (including phenoxy) is 2. The lowest BCUT2D eigenvalue weighted by atomic mass is 9.83. The third-order valence-electron chi connectivity index (χ3n) is 14.3. The first-order valence-electron chi connectivity index (χ1n) is 30.5. The SMILES string of the molecule is C=CC(=O)CCCCCCCC(=O)CN=[N+]=[N-].C=CC(=O)CCCOCc1cccc2cc(CO)c(O)cc12.C=CC(N)=O.CCC(CC(CC(CC)C(=O)NCCCCCNC(=O)CN=[N+]=[N-])C(=O)NCCOCc1cccc2cc(CO)c(O)cc12)C(N)=O. The summed E-state index contributed by atoms with van der Waals surface area (Å²) in [5.41, 5.74) is 29.2. The topological polar surface area (TPSA) is 422 Å². The molecule has 0 saturated heterocycles. The summed E-state index contributed by atoms with van der Waals surface area (Å²) in [7, 11) is 0. The number of ketones is 3. The Bertz CT molecular complexity index is 3090. The maximum absolute atomic E-state index is 13.3. The summed E-state index contributed by atoms with van der Waals surface area (Å²) in [6.45, 7) is 15.4. The average molecular weight is 1260 g/mol. The number of aliphatic hydroxyl groups is 2. The van der Waals surface area contributed by atoms with Crippen LogP contribution in [-0.2, 0) is 74.3 Å². The third kappa shape index (κ3) is 34.6.